The molecule has 0 spiro atoms. The van der Waals surface area contributed by atoms with E-state index in [2.05, 4.69) is 33.4 Å². The molecule has 0 fully saturated rings. The van der Waals surface area contributed by atoms with Gasteiger partial charge >= 0.3 is 0 Å². The molecule has 0 amide bonds. The molecule has 2 aromatic rings. The summed E-state index contributed by atoms with van der Waals surface area (Å²) in [5, 5.41) is 3.48. The van der Waals surface area contributed by atoms with E-state index in [1.807, 2.05) is 19.2 Å². The molecule has 0 aromatic heterocycles. The van der Waals surface area contributed by atoms with Gasteiger partial charge in [-0.3, -0.25) is 4.99 Å². The summed E-state index contributed by atoms with van der Waals surface area (Å²) >= 11 is 0. The average molecular weight is 539 g/mol. The van der Waals surface area contributed by atoms with Gasteiger partial charge in [-0.1, -0.05) is 6.07 Å². The van der Waals surface area contributed by atoms with Crippen LogP contribution in [0.2, 0.25) is 0 Å². The molecule has 1 N–H and O–H groups in total. The monoisotopic (exact) mass is 539 g/mol. The number of hydrogen-bond acceptors (Lipinski definition) is 5. The normalized spacial score (nSPS) is 15.3. The molecule has 0 atom stereocenters. The van der Waals surface area contributed by atoms with Crippen molar-refractivity contribution in [1.29, 1.82) is 0 Å². The number of rotatable bonds is 4. The summed E-state index contributed by atoms with van der Waals surface area (Å²) in [7, 11) is 5.16. The molecule has 31 heavy (non-hydrogen) atoms. The molecular weight excluding hydrogens is 509 g/mol. The first-order chi connectivity index (χ1) is 14.7. The van der Waals surface area contributed by atoms with Crippen molar-refractivity contribution in [2.45, 2.75) is 25.9 Å². The fraction of sp³-hybridized carbons (Fsp3) is 0.435. The molecular formula is C23H30IN3O4. The van der Waals surface area contributed by atoms with Crippen LogP contribution in [0, 0.1) is 0 Å². The van der Waals surface area contributed by atoms with E-state index < -0.39 is 0 Å². The van der Waals surface area contributed by atoms with Crippen LogP contribution in [-0.2, 0) is 19.5 Å². The maximum Gasteiger partial charge on any atom is 0.194 e. The highest BCUT2D eigenvalue weighted by Gasteiger charge is 2.22. The van der Waals surface area contributed by atoms with E-state index in [9.17, 15) is 0 Å². The number of guanidine groups is 1. The molecule has 0 radical (unpaired) electrons. The van der Waals surface area contributed by atoms with Gasteiger partial charge in [0.1, 0.15) is 0 Å². The number of hydrogen-bond donors (Lipinski definition) is 1. The quantitative estimate of drug-likeness (QED) is 0.364. The fourth-order valence-electron chi connectivity index (χ4n) is 3.90. The second-order valence-electron chi connectivity index (χ2n) is 7.38. The summed E-state index contributed by atoms with van der Waals surface area (Å²) < 4.78 is 22.4. The number of ether oxygens (including phenoxy) is 4. The molecule has 2 heterocycles. The average Bonchev–Trinajstić information content (AvgIpc) is 3.03. The van der Waals surface area contributed by atoms with Crippen molar-refractivity contribution in [3.05, 3.63) is 47.0 Å². The van der Waals surface area contributed by atoms with E-state index in [4.69, 9.17) is 18.9 Å². The van der Waals surface area contributed by atoms with Gasteiger partial charge in [0.2, 0.25) is 0 Å². The lowest BCUT2D eigenvalue weighted by molar-refractivity contribution is 0.297. The first-order valence-corrected chi connectivity index (χ1v) is 10.3. The van der Waals surface area contributed by atoms with Gasteiger partial charge in [-0.25, -0.2) is 0 Å². The maximum absolute atomic E-state index is 5.80. The van der Waals surface area contributed by atoms with Crippen LogP contribution in [0.5, 0.6) is 23.0 Å². The highest BCUT2D eigenvalue weighted by molar-refractivity contribution is 14.0. The van der Waals surface area contributed by atoms with E-state index in [0.29, 0.717) is 19.8 Å². The first-order valence-electron chi connectivity index (χ1n) is 10.3. The third-order valence-corrected chi connectivity index (χ3v) is 5.49. The van der Waals surface area contributed by atoms with E-state index in [1.165, 1.54) is 11.1 Å². The van der Waals surface area contributed by atoms with Crippen LogP contribution in [0.25, 0.3) is 0 Å². The van der Waals surface area contributed by atoms with Gasteiger partial charge in [-0.05, 0) is 47.4 Å². The molecule has 0 bridgehead atoms. The van der Waals surface area contributed by atoms with E-state index >= 15 is 0 Å². The van der Waals surface area contributed by atoms with Gasteiger partial charge < -0.3 is 29.2 Å². The van der Waals surface area contributed by atoms with Gasteiger partial charge in [-0.15, -0.1) is 24.0 Å². The zero-order valence-corrected chi connectivity index (χ0v) is 20.6. The Morgan fingerprint density at radius 2 is 1.74 bits per heavy atom. The van der Waals surface area contributed by atoms with Crippen LogP contribution in [0.3, 0.4) is 0 Å². The summed E-state index contributed by atoms with van der Waals surface area (Å²) in [6, 6.07) is 10.2. The maximum atomic E-state index is 5.80. The second-order valence-corrected chi connectivity index (χ2v) is 7.38. The van der Waals surface area contributed by atoms with Crippen molar-refractivity contribution in [3.63, 3.8) is 0 Å². The minimum atomic E-state index is 0. The molecule has 0 unspecified atom stereocenters. The van der Waals surface area contributed by atoms with E-state index in [-0.39, 0.29) is 24.0 Å². The molecule has 2 aliphatic heterocycles. The predicted octanol–water partition coefficient (Wildman–Crippen LogP) is 3.62. The lowest BCUT2D eigenvalue weighted by atomic mass is 9.99. The fourth-order valence-corrected chi connectivity index (χ4v) is 3.90. The molecule has 4 rings (SSSR count). The van der Waals surface area contributed by atoms with Crippen LogP contribution in [0.15, 0.2) is 35.3 Å². The van der Waals surface area contributed by atoms with Crippen molar-refractivity contribution in [1.82, 2.24) is 10.2 Å². The van der Waals surface area contributed by atoms with Crippen LogP contribution in [0.1, 0.15) is 23.1 Å². The van der Waals surface area contributed by atoms with Gasteiger partial charge in [0.05, 0.1) is 27.4 Å². The summed E-state index contributed by atoms with van der Waals surface area (Å²) in [6.07, 6.45) is 1.84. The Balaban J connectivity index is 0.00000272. The number of halogens is 1. The predicted molar refractivity (Wildman–Crippen MR) is 131 cm³/mol. The van der Waals surface area contributed by atoms with Crippen molar-refractivity contribution in [2.75, 3.05) is 41.0 Å². The van der Waals surface area contributed by atoms with Gasteiger partial charge in [0, 0.05) is 33.1 Å². The number of nitrogens with one attached hydrogen (secondary N) is 1. The highest BCUT2D eigenvalue weighted by Crippen LogP contribution is 2.33. The minimum absolute atomic E-state index is 0. The van der Waals surface area contributed by atoms with Gasteiger partial charge in [0.15, 0.2) is 29.0 Å². The lowest BCUT2D eigenvalue weighted by Crippen LogP contribution is -2.43. The van der Waals surface area contributed by atoms with E-state index in [0.717, 1.165) is 60.5 Å². The van der Waals surface area contributed by atoms with Crippen LogP contribution in [-0.4, -0.2) is 51.9 Å². The Bertz CT molecular complexity index is 935. The Morgan fingerprint density at radius 3 is 2.45 bits per heavy atom. The van der Waals surface area contributed by atoms with Crippen molar-refractivity contribution in [2.24, 2.45) is 4.99 Å². The van der Waals surface area contributed by atoms with Crippen molar-refractivity contribution < 1.29 is 18.9 Å². The number of fused-ring (bicyclic) bond motifs is 2. The number of nitrogens with zero attached hydrogens (tertiary/aromatic N) is 2. The standard InChI is InChI=1S/C23H29N3O4.HI/c1-24-23(25-14-16-5-6-19-22(11-16)30-10-4-9-29-19)26-8-7-17-12-20(27-2)21(28-3)13-18(17)15-26;/h5-6,11-13H,4,7-10,14-15H2,1-3H3,(H,24,25);1H. The Morgan fingerprint density at radius 1 is 1.03 bits per heavy atom. The summed E-state index contributed by atoms with van der Waals surface area (Å²) in [5.74, 6) is 4.05. The Kier molecular flexibility index (Phi) is 8.11. The second kappa shape index (κ2) is 10.8. The Hall–Kier alpha value is -2.36. The molecule has 0 saturated heterocycles. The molecule has 2 aromatic carbocycles. The van der Waals surface area contributed by atoms with Crippen molar-refractivity contribution >= 4 is 29.9 Å². The van der Waals surface area contributed by atoms with Crippen LogP contribution < -0.4 is 24.3 Å². The third-order valence-electron chi connectivity index (χ3n) is 5.49. The third kappa shape index (κ3) is 5.28. The first kappa shape index (κ1) is 23.3. The van der Waals surface area contributed by atoms with Crippen molar-refractivity contribution in [3.8, 4) is 23.0 Å². The molecule has 168 valence electrons. The smallest absolute Gasteiger partial charge is 0.194 e. The summed E-state index contributed by atoms with van der Waals surface area (Å²) in [6.45, 7) is 3.72. The molecule has 0 saturated carbocycles. The van der Waals surface area contributed by atoms with Crippen LogP contribution >= 0.6 is 24.0 Å². The number of methoxy groups -OCH3 is 2. The SMILES string of the molecule is CN=C(NCc1ccc2c(c1)OCCCO2)N1CCc2cc(OC)c(OC)cc2C1.I. The lowest BCUT2D eigenvalue weighted by Gasteiger charge is -2.32. The zero-order chi connectivity index (χ0) is 20.9. The Labute approximate surface area is 200 Å². The number of benzene rings is 2. The minimum Gasteiger partial charge on any atom is -0.493 e. The van der Waals surface area contributed by atoms with E-state index in [1.54, 1.807) is 14.2 Å². The molecule has 2 aliphatic rings. The number of aliphatic imine (C=N–C) groups is 1. The van der Waals surface area contributed by atoms with Gasteiger partial charge in [-0.2, -0.15) is 0 Å². The molecule has 8 heteroatoms. The highest BCUT2D eigenvalue weighted by atomic mass is 127. The summed E-state index contributed by atoms with van der Waals surface area (Å²) in [4.78, 5) is 6.76. The molecule has 0 aliphatic carbocycles. The topological polar surface area (TPSA) is 64.6 Å². The van der Waals surface area contributed by atoms with Gasteiger partial charge in [0.25, 0.3) is 0 Å². The van der Waals surface area contributed by atoms with Crippen LogP contribution in [0.4, 0.5) is 0 Å². The largest absolute Gasteiger partial charge is 0.493 e. The molecule has 7 nitrogen and oxygen atoms in total. The zero-order valence-electron chi connectivity index (χ0n) is 18.3. The summed E-state index contributed by atoms with van der Waals surface area (Å²) in [5.41, 5.74) is 3.66.